The Bertz CT molecular complexity index is 1740. The van der Waals surface area contributed by atoms with Gasteiger partial charge < -0.3 is 19.7 Å². The van der Waals surface area contributed by atoms with Crippen LogP contribution in [0, 0.1) is 24.1 Å². The second-order valence-electron chi connectivity index (χ2n) is 11.8. The van der Waals surface area contributed by atoms with Crippen LogP contribution in [-0.4, -0.2) is 44.1 Å². The van der Waals surface area contributed by atoms with Crippen LogP contribution in [0.1, 0.15) is 67.6 Å². The van der Waals surface area contributed by atoms with Crippen LogP contribution in [0.2, 0.25) is 0 Å². The van der Waals surface area contributed by atoms with Gasteiger partial charge in [0.05, 0.1) is 18.8 Å². The van der Waals surface area contributed by atoms with Crippen LogP contribution in [0.3, 0.4) is 0 Å². The maximum atomic E-state index is 14.7. The van der Waals surface area contributed by atoms with Gasteiger partial charge in [0.1, 0.15) is 23.2 Å². The third-order valence-corrected chi connectivity index (χ3v) is 7.78. The van der Waals surface area contributed by atoms with Crippen molar-refractivity contribution >= 4 is 17.7 Å². The molecular formula is C32H33FN6O3. The van der Waals surface area contributed by atoms with Crippen LogP contribution >= 0.6 is 0 Å². The molecule has 1 amide bonds. The summed E-state index contributed by atoms with van der Waals surface area (Å²) >= 11 is 0. The molecule has 10 heteroatoms. The molecule has 216 valence electrons. The average Bonchev–Trinajstić information content (AvgIpc) is 3.71. The number of hydrogen-bond donors (Lipinski definition) is 1. The first kappa shape index (κ1) is 27.5. The normalized spacial score (nSPS) is 16.3. The summed E-state index contributed by atoms with van der Waals surface area (Å²) in [6, 6.07) is 11.3. The number of aryl methyl sites for hydroxylation is 1. The minimum atomic E-state index is -0.556. The summed E-state index contributed by atoms with van der Waals surface area (Å²) in [6.45, 7) is 9.04. The average molecular weight is 569 g/mol. The Hall–Kier alpha value is -4.65. The number of aromatic nitrogens is 3. The van der Waals surface area contributed by atoms with Gasteiger partial charge >= 0.3 is 6.09 Å². The first-order valence-electron chi connectivity index (χ1n) is 14.2. The van der Waals surface area contributed by atoms with Crippen LogP contribution < -0.4 is 10.1 Å². The fourth-order valence-corrected chi connectivity index (χ4v) is 5.87. The molecular weight excluding hydrogens is 535 g/mol. The fraction of sp³-hybridized carbons (Fsp3) is 0.375. The fourth-order valence-electron chi connectivity index (χ4n) is 5.87. The summed E-state index contributed by atoms with van der Waals surface area (Å²) in [7, 11) is 0. The number of ether oxygens (including phenoxy) is 2. The first-order chi connectivity index (χ1) is 20.1. The number of amides is 1. The third kappa shape index (κ3) is 5.11. The highest BCUT2D eigenvalue weighted by Crippen LogP contribution is 2.37. The monoisotopic (exact) mass is 568 g/mol. The molecule has 0 spiro atoms. The molecule has 1 fully saturated rings. The van der Waals surface area contributed by atoms with Gasteiger partial charge in [-0.2, -0.15) is 5.26 Å². The molecule has 0 bridgehead atoms. The molecule has 0 saturated carbocycles. The van der Waals surface area contributed by atoms with Gasteiger partial charge in [-0.1, -0.05) is 18.2 Å². The van der Waals surface area contributed by atoms with Gasteiger partial charge in [0.15, 0.2) is 11.3 Å². The smallest absolute Gasteiger partial charge is 0.410 e. The lowest BCUT2D eigenvalue weighted by Gasteiger charge is -2.29. The molecule has 42 heavy (non-hydrogen) atoms. The van der Waals surface area contributed by atoms with Crippen molar-refractivity contribution in [1.82, 2.24) is 19.3 Å². The molecule has 2 aliphatic rings. The Morgan fingerprint density at radius 2 is 2.10 bits per heavy atom. The molecule has 4 heterocycles. The molecule has 6 rings (SSSR count). The van der Waals surface area contributed by atoms with Crippen LogP contribution in [0.25, 0.3) is 16.8 Å². The van der Waals surface area contributed by atoms with Crippen molar-refractivity contribution in [3.63, 3.8) is 0 Å². The number of hydrogen-bond acceptors (Lipinski definition) is 7. The van der Waals surface area contributed by atoms with Crippen molar-refractivity contribution in [2.45, 2.75) is 65.1 Å². The number of nitriles is 1. The summed E-state index contributed by atoms with van der Waals surface area (Å²) < 4.78 is 27.7. The first-order valence-corrected chi connectivity index (χ1v) is 14.2. The second kappa shape index (κ2) is 10.6. The lowest BCUT2D eigenvalue weighted by atomic mass is 9.96. The van der Waals surface area contributed by atoms with Gasteiger partial charge in [-0.15, -0.1) is 0 Å². The molecule has 0 radical (unpaired) electrons. The van der Waals surface area contributed by atoms with Crippen molar-refractivity contribution < 1.29 is 18.7 Å². The van der Waals surface area contributed by atoms with E-state index < -0.39 is 5.60 Å². The minimum absolute atomic E-state index is 0.0563. The summed E-state index contributed by atoms with van der Waals surface area (Å²) in [6.07, 6.45) is 5.50. The number of benzene rings is 2. The van der Waals surface area contributed by atoms with Crippen molar-refractivity contribution in [3.05, 3.63) is 76.5 Å². The number of anilines is 1. The summed E-state index contributed by atoms with van der Waals surface area (Å²) in [5.41, 5.74) is 5.40. The number of fused-ring (bicyclic) bond motifs is 2. The highest BCUT2D eigenvalue weighted by Gasteiger charge is 2.33. The molecule has 1 atom stereocenters. The van der Waals surface area contributed by atoms with Crippen molar-refractivity contribution in [1.29, 1.82) is 5.26 Å². The Morgan fingerprint density at radius 3 is 2.86 bits per heavy atom. The van der Waals surface area contributed by atoms with Gasteiger partial charge in [-0.05, 0) is 69.4 Å². The van der Waals surface area contributed by atoms with E-state index in [0.29, 0.717) is 42.5 Å². The van der Waals surface area contributed by atoms with E-state index in [1.165, 1.54) is 6.07 Å². The van der Waals surface area contributed by atoms with E-state index >= 15 is 0 Å². The maximum absolute atomic E-state index is 14.7. The van der Waals surface area contributed by atoms with Crippen LogP contribution in [0.4, 0.5) is 15.1 Å². The van der Waals surface area contributed by atoms with E-state index in [2.05, 4.69) is 27.4 Å². The van der Waals surface area contributed by atoms with Crippen LogP contribution in [-0.2, 0) is 17.7 Å². The largest absolute Gasteiger partial charge is 0.493 e. The zero-order chi connectivity index (χ0) is 29.6. The minimum Gasteiger partial charge on any atom is -0.493 e. The van der Waals surface area contributed by atoms with Gasteiger partial charge in [0.25, 0.3) is 0 Å². The van der Waals surface area contributed by atoms with Gasteiger partial charge in [-0.3, -0.25) is 4.40 Å². The van der Waals surface area contributed by atoms with Crippen LogP contribution in [0.15, 0.2) is 42.7 Å². The van der Waals surface area contributed by atoms with E-state index in [0.717, 1.165) is 40.7 Å². The predicted octanol–water partition coefficient (Wildman–Crippen LogP) is 6.33. The molecule has 1 saturated heterocycles. The molecule has 2 aliphatic heterocycles. The third-order valence-electron chi connectivity index (χ3n) is 7.78. The van der Waals surface area contributed by atoms with Crippen molar-refractivity contribution in [2.75, 3.05) is 18.5 Å². The lowest BCUT2D eigenvalue weighted by Crippen LogP contribution is -2.36. The maximum Gasteiger partial charge on any atom is 0.410 e. The van der Waals surface area contributed by atoms with Crippen molar-refractivity contribution in [3.8, 4) is 22.9 Å². The molecule has 4 aromatic rings. The Labute approximate surface area is 243 Å². The number of rotatable bonds is 5. The summed E-state index contributed by atoms with van der Waals surface area (Å²) in [5, 5.41) is 12.9. The lowest BCUT2D eigenvalue weighted by molar-refractivity contribution is 0.0224. The van der Waals surface area contributed by atoms with E-state index in [4.69, 9.17) is 9.47 Å². The molecule has 9 nitrogen and oxygen atoms in total. The number of imidazole rings is 1. The Balaban J connectivity index is 1.30. The van der Waals surface area contributed by atoms with Crippen LogP contribution in [0.5, 0.6) is 5.75 Å². The predicted molar refractivity (Wildman–Crippen MR) is 156 cm³/mol. The Morgan fingerprint density at radius 1 is 1.26 bits per heavy atom. The molecule has 0 aliphatic carbocycles. The van der Waals surface area contributed by atoms with Crippen molar-refractivity contribution in [2.24, 2.45) is 0 Å². The number of halogens is 1. The second-order valence-corrected chi connectivity index (χ2v) is 11.8. The SMILES string of the molecule is Cc1cc(C2CCCN2C(=O)OC(C)(C)C)ccc1-c1cnc(NCc2c(F)ccc3c2CCO3)n2cc(C#N)nc12. The van der Waals surface area contributed by atoms with E-state index in [9.17, 15) is 14.4 Å². The highest BCUT2D eigenvalue weighted by atomic mass is 19.1. The number of carbonyl (C=O) groups excluding carboxylic acids is 1. The summed E-state index contributed by atoms with van der Waals surface area (Å²) in [4.78, 5) is 23.9. The quantitative estimate of drug-likeness (QED) is 0.300. The molecule has 1 N–H and O–H groups in total. The number of likely N-dealkylation sites (tertiary alicyclic amines) is 1. The number of nitrogens with zero attached hydrogens (tertiary/aromatic N) is 5. The topological polar surface area (TPSA) is 105 Å². The van der Waals surface area contributed by atoms with E-state index in [1.54, 1.807) is 22.9 Å². The van der Waals surface area contributed by atoms with Gasteiger partial charge in [0, 0.05) is 42.4 Å². The number of carbonyl (C=O) groups is 1. The zero-order valence-corrected chi connectivity index (χ0v) is 24.2. The molecule has 1 unspecified atom stereocenters. The van der Waals surface area contributed by atoms with Gasteiger partial charge in [-0.25, -0.2) is 19.2 Å². The summed E-state index contributed by atoms with van der Waals surface area (Å²) in [5.74, 6) is 0.861. The van der Waals surface area contributed by atoms with E-state index in [1.807, 2.05) is 44.7 Å². The van der Waals surface area contributed by atoms with E-state index in [-0.39, 0.29) is 30.2 Å². The molecule has 2 aromatic carbocycles. The zero-order valence-electron chi connectivity index (χ0n) is 24.2. The number of nitrogens with one attached hydrogen (secondary N) is 1. The Kier molecular flexibility index (Phi) is 6.97. The van der Waals surface area contributed by atoms with Gasteiger partial charge in [0.2, 0.25) is 5.95 Å². The standard InChI is InChI=1S/C32H33FN6O3/c1-19-14-20(27-6-5-12-38(27)31(40)42-32(2,3)4)7-8-22(19)25-17-36-30(39-18-21(15-34)37-29(25)39)35-16-24-23-11-13-41-28(23)10-9-26(24)33/h7-10,14,17-18,27H,5-6,11-13,16H2,1-4H3,(H,35,36). The highest BCUT2D eigenvalue weighted by molar-refractivity contribution is 5.81. The molecule has 2 aromatic heterocycles.